The molecule has 4 rings (SSSR count). The number of carbonyl (C=O) groups is 1. The van der Waals surface area contributed by atoms with Gasteiger partial charge in [-0.2, -0.15) is 0 Å². The molecule has 0 bridgehead atoms. The van der Waals surface area contributed by atoms with E-state index in [1.165, 1.54) is 17.4 Å². The molecule has 0 unspecified atom stereocenters. The number of fused-ring (bicyclic) bond motifs is 1. The van der Waals surface area contributed by atoms with E-state index in [4.69, 9.17) is 16.6 Å². The van der Waals surface area contributed by atoms with Gasteiger partial charge in [-0.3, -0.25) is 19.8 Å². The van der Waals surface area contributed by atoms with Crippen molar-refractivity contribution >= 4 is 55.6 Å². The van der Waals surface area contributed by atoms with Crippen molar-refractivity contribution in [2.75, 3.05) is 50.1 Å². The summed E-state index contributed by atoms with van der Waals surface area (Å²) in [6.45, 7) is 4.74. The van der Waals surface area contributed by atoms with Gasteiger partial charge < -0.3 is 9.80 Å². The molecule has 0 radical (unpaired) electrons. The van der Waals surface area contributed by atoms with Crippen molar-refractivity contribution < 1.29 is 9.72 Å². The Morgan fingerprint density at radius 3 is 2.60 bits per heavy atom. The highest BCUT2D eigenvalue weighted by Crippen LogP contribution is 2.36. The number of rotatable bonds is 8. The lowest BCUT2D eigenvalue weighted by Crippen LogP contribution is -2.34. The Morgan fingerprint density at radius 2 is 1.91 bits per heavy atom. The molecule has 0 N–H and O–H groups in total. The number of hydrogen-bond donors (Lipinski definition) is 0. The number of amides is 1. The number of benzene rings is 2. The van der Waals surface area contributed by atoms with Gasteiger partial charge in [0.25, 0.3) is 11.6 Å². The number of nitro benzene ring substituents is 1. The fourth-order valence-electron chi connectivity index (χ4n) is 4.39. The zero-order valence-electron chi connectivity index (χ0n) is 20.3. The Morgan fingerprint density at radius 1 is 1.17 bits per heavy atom. The quantitative estimate of drug-likeness (QED) is 0.280. The monoisotopic (exact) mass is 515 g/mol. The number of piperidine rings is 1. The molecule has 35 heavy (non-hydrogen) atoms. The van der Waals surface area contributed by atoms with Gasteiger partial charge >= 0.3 is 0 Å². The molecule has 0 atom stereocenters. The van der Waals surface area contributed by atoms with Gasteiger partial charge in [0.2, 0.25) is 0 Å². The van der Waals surface area contributed by atoms with Crippen LogP contribution in [0.1, 0.15) is 41.6 Å². The number of halogens is 1. The molecule has 0 spiro atoms. The fourth-order valence-corrected chi connectivity index (χ4v) is 5.60. The van der Waals surface area contributed by atoms with Crippen molar-refractivity contribution in [3.8, 4) is 0 Å². The molecule has 2 heterocycles. The first-order chi connectivity index (χ1) is 16.8. The van der Waals surface area contributed by atoms with Crippen LogP contribution in [-0.2, 0) is 0 Å². The van der Waals surface area contributed by atoms with E-state index in [1.807, 2.05) is 38.1 Å². The molecule has 10 heteroatoms. The number of hydrogen-bond acceptors (Lipinski definition) is 7. The molecule has 0 saturated carbocycles. The molecular formula is C25H30ClN5O3S. The van der Waals surface area contributed by atoms with Crippen LogP contribution in [0.3, 0.4) is 0 Å². The average Bonchev–Trinajstić information content (AvgIpc) is 3.28. The molecular weight excluding hydrogens is 486 g/mol. The minimum Gasteiger partial charge on any atom is -0.366 e. The van der Waals surface area contributed by atoms with Crippen molar-refractivity contribution in [3.63, 3.8) is 0 Å². The molecule has 8 nitrogen and oxygen atoms in total. The van der Waals surface area contributed by atoms with Gasteiger partial charge in [0.05, 0.1) is 15.1 Å². The van der Waals surface area contributed by atoms with Gasteiger partial charge in [0, 0.05) is 36.3 Å². The van der Waals surface area contributed by atoms with Crippen LogP contribution in [0.5, 0.6) is 0 Å². The zero-order chi connectivity index (χ0) is 25.1. The third kappa shape index (κ3) is 5.58. The highest BCUT2D eigenvalue weighted by molar-refractivity contribution is 7.22. The predicted molar refractivity (Wildman–Crippen MR) is 143 cm³/mol. The maximum atomic E-state index is 13.7. The Hall–Kier alpha value is -2.75. The molecule has 186 valence electrons. The first kappa shape index (κ1) is 25.3. The maximum absolute atomic E-state index is 13.7. The smallest absolute Gasteiger partial charge is 0.293 e. The summed E-state index contributed by atoms with van der Waals surface area (Å²) in [6.07, 6.45) is 3.90. The van der Waals surface area contributed by atoms with E-state index in [2.05, 4.69) is 4.90 Å². The van der Waals surface area contributed by atoms with Crippen molar-refractivity contribution in [2.24, 2.45) is 0 Å². The summed E-state index contributed by atoms with van der Waals surface area (Å²) in [5.41, 5.74) is 2.48. The standard InChI is InChI=1S/C25H30ClN5O3S/c1-17-19(26)9-11-22-23(17)27-25(35-22)30(15-7-12-28(2)3)24(32)18-8-10-20(21(16-18)31(33)34)29-13-5-4-6-14-29/h8-11,16H,4-7,12-15H2,1-3H3. The maximum Gasteiger partial charge on any atom is 0.293 e. The Labute approximate surface area is 214 Å². The lowest BCUT2D eigenvalue weighted by Gasteiger charge is -2.28. The Bertz CT molecular complexity index is 1240. The second kappa shape index (κ2) is 10.9. The Kier molecular flexibility index (Phi) is 7.88. The van der Waals surface area contributed by atoms with Gasteiger partial charge in [-0.25, -0.2) is 4.98 Å². The number of aryl methyl sites for hydroxylation is 1. The zero-order valence-corrected chi connectivity index (χ0v) is 21.9. The summed E-state index contributed by atoms with van der Waals surface area (Å²) < 4.78 is 0.943. The highest BCUT2D eigenvalue weighted by atomic mass is 35.5. The normalized spacial score (nSPS) is 14.0. The topological polar surface area (TPSA) is 82.8 Å². The number of anilines is 2. The minimum absolute atomic E-state index is 0.0297. The van der Waals surface area contributed by atoms with E-state index < -0.39 is 0 Å². The van der Waals surface area contributed by atoms with Crippen LogP contribution >= 0.6 is 22.9 Å². The molecule has 1 amide bonds. The lowest BCUT2D eigenvalue weighted by molar-refractivity contribution is -0.384. The van der Waals surface area contributed by atoms with E-state index >= 15 is 0 Å². The number of nitro groups is 1. The number of thiazole rings is 1. The molecule has 1 aliphatic heterocycles. The molecule has 1 fully saturated rings. The minimum atomic E-state index is -0.389. The molecule has 1 aromatic heterocycles. The molecule has 0 aliphatic carbocycles. The highest BCUT2D eigenvalue weighted by Gasteiger charge is 2.27. The molecule has 2 aromatic carbocycles. The first-order valence-corrected chi connectivity index (χ1v) is 13.0. The van der Waals surface area contributed by atoms with Crippen LogP contribution in [0.25, 0.3) is 10.2 Å². The van der Waals surface area contributed by atoms with Crippen molar-refractivity contribution in [2.45, 2.75) is 32.6 Å². The fraction of sp³-hybridized carbons (Fsp3) is 0.440. The van der Waals surface area contributed by atoms with Crippen LogP contribution < -0.4 is 9.80 Å². The number of nitrogens with zero attached hydrogens (tertiary/aromatic N) is 5. The van der Waals surface area contributed by atoms with Gasteiger partial charge in [-0.1, -0.05) is 22.9 Å². The SMILES string of the molecule is Cc1c(Cl)ccc2sc(N(CCCN(C)C)C(=O)c3ccc(N4CCCCC4)c([N+](=O)[O-])c3)nc12. The number of aromatic nitrogens is 1. The van der Waals surface area contributed by atoms with Crippen LogP contribution in [0.4, 0.5) is 16.5 Å². The summed E-state index contributed by atoms with van der Waals surface area (Å²) in [5, 5.41) is 13.1. The van der Waals surface area contributed by atoms with Crippen LogP contribution in [-0.4, -0.2) is 61.0 Å². The Balaban J connectivity index is 1.70. The first-order valence-electron chi connectivity index (χ1n) is 11.8. The van der Waals surface area contributed by atoms with Gasteiger partial charge in [-0.15, -0.1) is 0 Å². The third-order valence-electron chi connectivity index (χ3n) is 6.32. The largest absolute Gasteiger partial charge is 0.366 e. The van der Waals surface area contributed by atoms with Crippen molar-refractivity contribution in [3.05, 3.63) is 56.6 Å². The lowest BCUT2D eigenvalue weighted by atomic mass is 10.1. The number of carbonyl (C=O) groups excluding carboxylic acids is 1. The van der Waals surface area contributed by atoms with E-state index in [0.29, 0.717) is 22.4 Å². The van der Waals surface area contributed by atoms with E-state index in [-0.39, 0.29) is 22.1 Å². The van der Waals surface area contributed by atoms with Crippen molar-refractivity contribution in [1.29, 1.82) is 0 Å². The van der Waals surface area contributed by atoms with Crippen LogP contribution in [0.15, 0.2) is 30.3 Å². The van der Waals surface area contributed by atoms with Gasteiger partial charge in [0.1, 0.15) is 5.69 Å². The van der Waals surface area contributed by atoms with Crippen molar-refractivity contribution in [1.82, 2.24) is 9.88 Å². The average molecular weight is 516 g/mol. The van der Waals surface area contributed by atoms with Gasteiger partial charge in [0.15, 0.2) is 5.13 Å². The molecule has 3 aromatic rings. The predicted octanol–water partition coefficient (Wildman–Crippen LogP) is 5.76. The van der Waals surface area contributed by atoms with E-state index in [0.717, 1.165) is 61.1 Å². The summed E-state index contributed by atoms with van der Waals surface area (Å²) in [4.78, 5) is 35.8. The second-order valence-corrected chi connectivity index (χ2v) is 10.6. The van der Waals surface area contributed by atoms with Crippen LogP contribution in [0, 0.1) is 17.0 Å². The summed E-state index contributed by atoms with van der Waals surface area (Å²) >= 11 is 7.72. The summed E-state index contributed by atoms with van der Waals surface area (Å²) in [5.74, 6) is -0.292. The molecule has 1 saturated heterocycles. The molecule has 1 aliphatic rings. The summed E-state index contributed by atoms with van der Waals surface area (Å²) in [6, 6.07) is 8.58. The van der Waals surface area contributed by atoms with Crippen LogP contribution in [0.2, 0.25) is 5.02 Å². The van der Waals surface area contributed by atoms with Gasteiger partial charge in [-0.05, 0) is 83.1 Å². The second-order valence-electron chi connectivity index (χ2n) is 9.14. The van der Waals surface area contributed by atoms with E-state index in [1.54, 1.807) is 17.0 Å². The van der Waals surface area contributed by atoms with E-state index in [9.17, 15) is 14.9 Å². The third-order valence-corrected chi connectivity index (χ3v) is 7.77. The summed E-state index contributed by atoms with van der Waals surface area (Å²) in [7, 11) is 3.97.